The van der Waals surface area contributed by atoms with Gasteiger partial charge in [-0.3, -0.25) is 0 Å². The number of hydrogen-bond donors (Lipinski definition) is 0. The van der Waals surface area contributed by atoms with Crippen LogP contribution in [0, 0.1) is 11.8 Å². The average molecular weight is 266 g/mol. The Hall–Kier alpha value is 0.440. The molecule has 56 valence electrons. The fourth-order valence-electron chi connectivity index (χ4n) is 0.940. The van der Waals surface area contributed by atoms with Gasteiger partial charge in [0, 0.05) is 11.8 Å². The molecule has 0 radical (unpaired) electrons. The first-order valence-electron chi connectivity index (χ1n) is 3.35. The quantitative estimate of drug-likeness (QED) is 0.625. The third-order valence-corrected chi connectivity index (χ3v) is 3.66. The summed E-state index contributed by atoms with van der Waals surface area (Å²) in [5.74, 6) is 1.07. The van der Waals surface area contributed by atoms with E-state index in [4.69, 9.17) is 0 Å². The van der Waals surface area contributed by atoms with Crippen molar-refractivity contribution in [2.24, 2.45) is 11.8 Å². The van der Waals surface area contributed by atoms with Gasteiger partial charge in [0.05, 0.1) is 0 Å². The van der Waals surface area contributed by atoms with Crippen LogP contribution in [0.5, 0.6) is 0 Å². The molecule has 0 nitrogen and oxygen atoms in total. The molecule has 10 heavy (non-hydrogen) atoms. The fourth-order valence-corrected chi connectivity index (χ4v) is 2.00. The smallest absolute Gasteiger partial charge is 0.00640 e. The Balaban J connectivity index is 2.81. The standard InChI is InChI=1S/C8H10Br2/c1-5-3-8(10)6(2)4-7(5)9/h3-6H,1-2H3. The van der Waals surface area contributed by atoms with Gasteiger partial charge in [0.25, 0.3) is 0 Å². The molecule has 1 aliphatic carbocycles. The van der Waals surface area contributed by atoms with Crippen molar-refractivity contribution in [1.29, 1.82) is 0 Å². The maximum Gasteiger partial charge on any atom is 0.00640 e. The van der Waals surface area contributed by atoms with Gasteiger partial charge >= 0.3 is 0 Å². The summed E-state index contributed by atoms with van der Waals surface area (Å²) in [6.07, 6.45) is 4.46. The Bertz CT molecular complexity index is 169. The zero-order valence-electron chi connectivity index (χ0n) is 6.07. The highest BCUT2D eigenvalue weighted by Crippen LogP contribution is 2.33. The molecule has 0 N–H and O–H groups in total. The molecule has 0 spiro atoms. The molecular formula is C8H10Br2. The van der Waals surface area contributed by atoms with Gasteiger partial charge < -0.3 is 0 Å². The highest BCUT2D eigenvalue weighted by atomic mass is 79.9. The van der Waals surface area contributed by atoms with E-state index in [-0.39, 0.29) is 0 Å². The van der Waals surface area contributed by atoms with E-state index in [1.165, 1.54) is 8.96 Å². The molecule has 0 aliphatic heterocycles. The van der Waals surface area contributed by atoms with Crippen LogP contribution in [0.4, 0.5) is 0 Å². The van der Waals surface area contributed by atoms with E-state index in [1.54, 1.807) is 0 Å². The maximum absolute atomic E-state index is 3.52. The van der Waals surface area contributed by atoms with Crippen LogP contribution in [-0.4, -0.2) is 0 Å². The van der Waals surface area contributed by atoms with Gasteiger partial charge in [-0.1, -0.05) is 57.9 Å². The van der Waals surface area contributed by atoms with Gasteiger partial charge in [-0.2, -0.15) is 0 Å². The summed E-state index contributed by atoms with van der Waals surface area (Å²) in [4.78, 5) is 0. The first-order valence-corrected chi connectivity index (χ1v) is 4.94. The second-order valence-corrected chi connectivity index (χ2v) is 4.51. The first-order chi connectivity index (χ1) is 4.61. The molecule has 0 saturated heterocycles. The van der Waals surface area contributed by atoms with Crippen LogP contribution in [0.15, 0.2) is 21.1 Å². The lowest BCUT2D eigenvalue weighted by Gasteiger charge is -2.17. The molecule has 0 bridgehead atoms. The Morgan fingerprint density at radius 1 is 1.00 bits per heavy atom. The second kappa shape index (κ2) is 3.22. The van der Waals surface area contributed by atoms with Crippen molar-refractivity contribution in [3.8, 4) is 0 Å². The van der Waals surface area contributed by atoms with Gasteiger partial charge in [-0.05, 0) is 8.96 Å². The van der Waals surface area contributed by atoms with Crippen molar-refractivity contribution in [2.45, 2.75) is 13.8 Å². The fraction of sp³-hybridized carbons (Fsp3) is 0.500. The number of hydrogen-bond acceptors (Lipinski definition) is 0. The molecule has 0 fully saturated rings. The molecule has 1 aliphatic rings. The topological polar surface area (TPSA) is 0 Å². The Morgan fingerprint density at radius 3 is 1.60 bits per heavy atom. The molecular weight excluding hydrogens is 256 g/mol. The van der Waals surface area contributed by atoms with E-state index in [0.717, 1.165) is 0 Å². The van der Waals surface area contributed by atoms with E-state index in [9.17, 15) is 0 Å². The first kappa shape index (κ1) is 8.54. The number of allylic oxidation sites excluding steroid dienone is 4. The van der Waals surface area contributed by atoms with Crippen LogP contribution in [0.25, 0.3) is 0 Å². The monoisotopic (exact) mass is 264 g/mol. The van der Waals surface area contributed by atoms with E-state index >= 15 is 0 Å². The van der Waals surface area contributed by atoms with Crippen LogP contribution in [0.1, 0.15) is 13.8 Å². The number of rotatable bonds is 0. The van der Waals surface area contributed by atoms with E-state index in [1.807, 2.05) is 0 Å². The van der Waals surface area contributed by atoms with E-state index in [0.29, 0.717) is 11.8 Å². The molecule has 0 heterocycles. The van der Waals surface area contributed by atoms with Gasteiger partial charge in [0.2, 0.25) is 0 Å². The zero-order chi connectivity index (χ0) is 7.72. The largest absolute Gasteiger partial charge is 0.0660 e. The number of halogens is 2. The summed E-state index contributed by atoms with van der Waals surface area (Å²) in [7, 11) is 0. The highest BCUT2D eigenvalue weighted by molar-refractivity contribution is 9.12. The zero-order valence-corrected chi connectivity index (χ0v) is 9.24. The van der Waals surface area contributed by atoms with Crippen LogP contribution in [0.3, 0.4) is 0 Å². The molecule has 1 rings (SSSR count). The van der Waals surface area contributed by atoms with Crippen molar-refractivity contribution < 1.29 is 0 Å². The predicted molar refractivity (Wildman–Crippen MR) is 52.3 cm³/mol. The lowest BCUT2D eigenvalue weighted by Crippen LogP contribution is -2.02. The second-order valence-electron chi connectivity index (χ2n) is 2.68. The van der Waals surface area contributed by atoms with Crippen molar-refractivity contribution >= 4 is 31.9 Å². The van der Waals surface area contributed by atoms with Gasteiger partial charge in [-0.25, -0.2) is 0 Å². The normalized spacial score (nSPS) is 33.2. The predicted octanol–water partition coefficient (Wildman–Crippen LogP) is 3.83. The third-order valence-electron chi connectivity index (χ3n) is 1.69. The molecule has 2 unspecified atom stereocenters. The van der Waals surface area contributed by atoms with Crippen LogP contribution >= 0.6 is 31.9 Å². The molecule has 0 saturated carbocycles. The minimum atomic E-state index is 0.533. The lowest BCUT2D eigenvalue weighted by molar-refractivity contribution is 0.810. The van der Waals surface area contributed by atoms with Crippen LogP contribution < -0.4 is 0 Å². The van der Waals surface area contributed by atoms with Crippen LogP contribution in [0.2, 0.25) is 0 Å². The Kier molecular flexibility index (Phi) is 2.75. The molecule has 0 amide bonds. The molecule has 0 aromatic rings. The van der Waals surface area contributed by atoms with Gasteiger partial charge in [-0.15, -0.1) is 0 Å². The lowest BCUT2D eigenvalue weighted by atomic mass is 9.99. The van der Waals surface area contributed by atoms with E-state index < -0.39 is 0 Å². The SMILES string of the molecule is CC1C=C(Br)C(C)C=C1Br. The summed E-state index contributed by atoms with van der Waals surface area (Å²) >= 11 is 7.03. The van der Waals surface area contributed by atoms with Crippen molar-refractivity contribution in [3.05, 3.63) is 21.1 Å². The average Bonchev–Trinajstić information content (AvgIpc) is 1.84. The van der Waals surface area contributed by atoms with Gasteiger partial charge in [0.1, 0.15) is 0 Å². The maximum atomic E-state index is 3.52. The summed E-state index contributed by atoms with van der Waals surface area (Å²) in [5.41, 5.74) is 0. The molecule has 2 atom stereocenters. The van der Waals surface area contributed by atoms with Crippen molar-refractivity contribution in [2.75, 3.05) is 0 Å². The third kappa shape index (κ3) is 1.73. The minimum absolute atomic E-state index is 0.533. The Morgan fingerprint density at radius 2 is 1.30 bits per heavy atom. The van der Waals surface area contributed by atoms with Gasteiger partial charge in [0.15, 0.2) is 0 Å². The Labute approximate surface area is 78.6 Å². The minimum Gasteiger partial charge on any atom is -0.0660 e. The summed E-state index contributed by atoms with van der Waals surface area (Å²) < 4.78 is 2.59. The summed E-state index contributed by atoms with van der Waals surface area (Å²) in [6, 6.07) is 0. The molecule has 0 aromatic carbocycles. The molecule has 0 aromatic heterocycles. The summed E-state index contributed by atoms with van der Waals surface area (Å²) in [5, 5.41) is 0. The highest BCUT2D eigenvalue weighted by Gasteiger charge is 2.13. The van der Waals surface area contributed by atoms with Crippen LogP contribution in [-0.2, 0) is 0 Å². The molecule has 2 heteroatoms. The van der Waals surface area contributed by atoms with Crippen molar-refractivity contribution in [3.63, 3.8) is 0 Å². The summed E-state index contributed by atoms with van der Waals surface area (Å²) in [6.45, 7) is 4.35. The van der Waals surface area contributed by atoms with E-state index in [2.05, 4.69) is 57.9 Å². The van der Waals surface area contributed by atoms with Crippen molar-refractivity contribution in [1.82, 2.24) is 0 Å².